The van der Waals surface area contributed by atoms with Crippen LogP contribution in [0.4, 0.5) is 5.69 Å². The monoisotopic (exact) mass is 251 g/mol. The minimum Gasteiger partial charge on any atom is -0.464 e. The Morgan fingerprint density at radius 2 is 2.17 bits per heavy atom. The van der Waals surface area contributed by atoms with Crippen molar-refractivity contribution in [1.29, 1.82) is 0 Å². The second-order valence-corrected chi connectivity index (χ2v) is 4.12. The molecule has 1 aromatic rings. The van der Waals surface area contributed by atoms with Gasteiger partial charge in [-0.1, -0.05) is 12.1 Å². The van der Waals surface area contributed by atoms with Gasteiger partial charge in [0.1, 0.15) is 6.61 Å². The summed E-state index contributed by atoms with van der Waals surface area (Å²) >= 11 is 0. The molecule has 0 atom stereocenters. The van der Waals surface area contributed by atoms with Crippen LogP contribution < -0.4 is 4.90 Å². The van der Waals surface area contributed by atoms with E-state index in [4.69, 9.17) is 9.47 Å². The molecule has 0 aromatic heterocycles. The zero-order valence-corrected chi connectivity index (χ0v) is 11.3. The standard InChI is InChI=1S/C14H21NO3/c1-4-18-14(16)11-17-9-8-15(3)13-7-5-6-12(2)10-13/h5-7,10H,4,8-9,11H2,1-3H3. The van der Waals surface area contributed by atoms with Crippen molar-refractivity contribution >= 4 is 11.7 Å². The van der Waals surface area contributed by atoms with Crippen LogP contribution >= 0.6 is 0 Å². The Hall–Kier alpha value is -1.55. The maximum absolute atomic E-state index is 11.0. The summed E-state index contributed by atoms with van der Waals surface area (Å²) in [6, 6.07) is 8.26. The SMILES string of the molecule is CCOC(=O)COCCN(C)c1cccc(C)c1. The van der Waals surface area contributed by atoms with E-state index in [1.54, 1.807) is 6.92 Å². The molecule has 100 valence electrons. The van der Waals surface area contributed by atoms with Crippen LogP contribution in [0.15, 0.2) is 24.3 Å². The van der Waals surface area contributed by atoms with E-state index in [0.29, 0.717) is 13.2 Å². The van der Waals surface area contributed by atoms with Gasteiger partial charge in [0, 0.05) is 19.3 Å². The molecule has 0 aliphatic rings. The molecule has 1 aromatic carbocycles. The van der Waals surface area contributed by atoms with Crippen LogP contribution in [0.1, 0.15) is 12.5 Å². The zero-order chi connectivity index (χ0) is 13.4. The molecule has 0 saturated carbocycles. The first kappa shape index (κ1) is 14.5. The summed E-state index contributed by atoms with van der Waals surface area (Å²) in [6.07, 6.45) is 0. The molecule has 0 radical (unpaired) electrons. The van der Waals surface area contributed by atoms with Gasteiger partial charge in [0.2, 0.25) is 0 Å². The smallest absolute Gasteiger partial charge is 0.332 e. The summed E-state index contributed by atoms with van der Waals surface area (Å²) in [7, 11) is 2.00. The molecule has 0 saturated heterocycles. The quantitative estimate of drug-likeness (QED) is 0.549. The van der Waals surface area contributed by atoms with Crippen LogP contribution in [-0.2, 0) is 14.3 Å². The maximum atomic E-state index is 11.0. The first-order chi connectivity index (χ1) is 8.63. The Labute approximate surface area is 108 Å². The van der Waals surface area contributed by atoms with Crippen molar-refractivity contribution in [2.75, 3.05) is 38.3 Å². The molecule has 4 heteroatoms. The third-order valence-corrected chi connectivity index (χ3v) is 2.54. The van der Waals surface area contributed by atoms with E-state index < -0.39 is 0 Å². The van der Waals surface area contributed by atoms with Crippen molar-refractivity contribution in [3.05, 3.63) is 29.8 Å². The number of benzene rings is 1. The van der Waals surface area contributed by atoms with E-state index in [1.165, 1.54) is 5.56 Å². The zero-order valence-electron chi connectivity index (χ0n) is 11.3. The summed E-state index contributed by atoms with van der Waals surface area (Å²) < 4.78 is 10.0. The first-order valence-corrected chi connectivity index (χ1v) is 6.14. The Kier molecular flexibility index (Phi) is 6.22. The van der Waals surface area contributed by atoms with Gasteiger partial charge in [0.15, 0.2) is 0 Å². The van der Waals surface area contributed by atoms with E-state index in [2.05, 4.69) is 30.0 Å². The summed E-state index contributed by atoms with van der Waals surface area (Å²) in [5, 5.41) is 0. The number of likely N-dealkylation sites (N-methyl/N-ethyl adjacent to an activating group) is 1. The number of aryl methyl sites for hydroxylation is 1. The van der Waals surface area contributed by atoms with Crippen LogP contribution in [0, 0.1) is 6.92 Å². The second kappa shape index (κ2) is 7.71. The average molecular weight is 251 g/mol. The fourth-order valence-corrected chi connectivity index (χ4v) is 1.55. The van der Waals surface area contributed by atoms with Crippen LogP contribution in [0.25, 0.3) is 0 Å². The molecule has 0 amide bonds. The van der Waals surface area contributed by atoms with E-state index in [-0.39, 0.29) is 12.6 Å². The summed E-state index contributed by atoms with van der Waals surface area (Å²) in [5.41, 5.74) is 2.38. The summed E-state index contributed by atoms with van der Waals surface area (Å²) in [5.74, 6) is -0.310. The van der Waals surface area contributed by atoms with Gasteiger partial charge in [-0.3, -0.25) is 0 Å². The largest absolute Gasteiger partial charge is 0.464 e. The number of esters is 1. The number of ether oxygens (including phenoxy) is 2. The van der Waals surface area contributed by atoms with E-state index >= 15 is 0 Å². The molecular formula is C14H21NO3. The molecule has 0 heterocycles. The molecule has 0 aliphatic carbocycles. The van der Waals surface area contributed by atoms with Gasteiger partial charge in [-0.2, -0.15) is 0 Å². The van der Waals surface area contributed by atoms with Crippen LogP contribution in [0.3, 0.4) is 0 Å². The van der Waals surface area contributed by atoms with E-state index in [1.807, 2.05) is 13.1 Å². The number of anilines is 1. The summed E-state index contributed by atoms with van der Waals surface area (Å²) in [4.78, 5) is 13.1. The Balaban J connectivity index is 2.25. The lowest BCUT2D eigenvalue weighted by Crippen LogP contribution is -2.24. The molecule has 0 N–H and O–H groups in total. The van der Waals surface area contributed by atoms with Crippen LogP contribution in [0.2, 0.25) is 0 Å². The third kappa shape index (κ3) is 5.19. The molecule has 0 spiro atoms. The molecule has 0 fully saturated rings. The second-order valence-electron chi connectivity index (χ2n) is 4.12. The Bertz CT molecular complexity index is 379. The van der Waals surface area contributed by atoms with E-state index in [9.17, 15) is 4.79 Å². The van der Waals surface area contributed by atoms with Gasteiger partial charge in [0.25, 0.3) is 0 Å². The van der Waals surface area contributed by atoms with Crippen molar-refractivity contribution in [2.45, 2.75) is 13.8 Å². The topological polar surface area (TPSA) is 38.8 Å². The first-order valence-electron chi connectivity index (χ1n) is 6.14. The minimum atomic E-state index is -0.310. The molecule has 18 heavy (non-hydrogen) atoms. The van der Waals surface area contributed by atoms with Crippen molar-refractivity contribution in [2.24, 2.45) is 0 Å². The fraction of sp³-hybridized carbons (Fsp3) is 0.500. The van der Waals surface area contributed by atoms with Gasteiger partial charge >= 0.3 is 5.97 Å². The lowest BCUT2D eigenvalue weighted by molar-refractivity contribution is -0.148. The normalized spacial score (nSPS) is 10.2. The molecule has 0 aliphatic heterocycles. The third-order valence-electron chi connectivity index (χ3n) is 2.54. The highest BCUT2D eigenvalue weighted by atomic mass is 16.6. The molecule has 0 bridgehead atoms. The molecule has 4 nitrogen and oxygen atoms in total. The van der Waals surface area contributed by atoms with Gasteiger partial charge in [-0.25, -0.2) is 4.79 Å². The van der Waals surface area contributed by atoms with Crippen LogP contribution in [0.5, 0.6) is 0 Å². The molecule has 0 unspecified atom stereocenters. The van der Waals surface area contributed by atoms with Crippen molar-refractivity contribution < 1.29 is 14.3 Å². The lowest BCUT2D eigenvalue weighted by Gasteiger charge is -2.19. The van der Waals surface area contributed by atoms with Crippen molar-refractivity contribution in [3.63, 3.8) is 0 Å². The number of hydrogen-bond donors (Lipinski definition) is 0. The number of carbonyl (C=O) groups is 1. The summed E-state index contributed by atoms with van der Waals surface area (Å²) in [6.45, 7) is 5.50. The Morgan fingerprint density at radius 1 is 1.39 bits per heavy atom. The van der Waals surface area contributed by atoms with Gasteiger partial charge < -0.3 is 14.4 Å². The predicted molar refractivity (Wildman–Crippen MR) is 71.9 cm³/mol. The van der Waals surface area contributed by atoms with Gasteiger partial charge in [-0.05, 0) is 31.5 Å². The number of nitrogens with zero attached hydrogens (tertiary/aromatic N) is 1. The highest BCUT2D eigenvalue weighted by molar-refractivity contribution is 5.70. The Morgan fingerprint density at radius 3 is 2.83 bits per heavy atom. The highest BCUT2D eigenvalue weighted by Gasteiger charge is 2.03. The lowest BCUT2D eigenvalue weighted by atomic mass is 10.2. The number of rotatable bonds is 7. The minimum absolute atomic E-state index is 0.0233. The van der Waals surface area contributed by atoms with Crippen molar-refractivity contribution in [3.8, 4) is 0 Å². The van der Waals surface area contributed by atoms with Gasteiger partial charge in [0.05, 0.1) is 13.2 Å². The van der Waals surface area contributed by atoms with E-state index in [0.717, 1.165) is 12.2 Å². The predicted octanol–water partition coefficient (Wildman–Crippen LogP) is 2.01. The molecular weight excluding hydrogens is 230 g/mol. The average Bonchev–Trinajstić information content (AvgIpc) is 2.35. The fourth-order valence-electron chi connectivity index (χ4n) is 1.55. The number of hydrogen-bond acceptors (Lipinski definition) is 4. The number of carbonyl (C=O) groups excluding carboxylic acids is 1. The molecule has 1 rings (SSSR count). The van der Waals surface area contributed by atoms with Gasteiger partial charge in [-0.15, -0.1) is 0 Å². The van der Waals surface area contributed by atoms with Crippen LogP contribution in [-0.4, -0.2) is 39.4 Å². The highest BCUT2D eigenvalue weighted by Crippen LogP contribution is 2.13. The van der Waals surface area contributed by atoms with Crippen molar-refractivity contribution in [1.82, 2.24) is 0 Å². The maximum Gasteiger partial charge on any atom is 0.332 e.